The zero-order chi connectivity index (χ0) is 17.9. The lowest BCUT2D eigenvalue weighted by Gasteiger charge is -2.35. The number of carbonyl (C=O) groups is 1. The van der Waals surface area contributed by atoms with Crippen molar-refractivity contribution in [3.05, 3.63) is 65.4 Å². The first kappa shape index (κ1) is 16.6. The molecule has 1 aromatic carbocycles. The summed E-state index contributed by atoms with van der Waals surface area (Å²) in [6, 6.07) is 13.3. The number of carbonyl (C=O) groups excluding carboxylic acids is 1. The minimum Gasteiger partial charge on any atom is -0.353 e. The van der Waals surface area contributed by atoms with E-state index in [4.69, 9.17) is 11.6 Å². The average Bonchev–Trinajstić information content (AvgIpc) is 3.23. The summed E-state index contributed by atoms with van der Waals surface area (Å²) in [6.07, 6.45) is 3.36. The van der Waals surface area contributed by atoms with Gasteiger partial charge in [0.15, 0.2) is 0 Å². The van der Waals surface area contributed by atoms with Gasteiger partial charge in [0, 0.05) is 44.1 Å². The van der Waals surface area contributed by atoms with Crippen molar-refractivity contribution < 1.29 is 4.79 Å². The third kappa shape index (κ3) is 3.41. The number of aromatic amines is 1. The van der Waals surface area contributed by atoms with Crippen LogP contribution in [-0.4, -0.2) is 52.2 Å². The zero-order valence-corrected chi connectivity index (χ0v) is 14.9. The Morgan fingerprint density at radius 2 is 1.77 bits per heavy atom. The quantitative estimate of drug-likeness (QED) is 0.772. The Kier molecular flexibility index (Phi) is 4.58. The molecule has 1 aliphatic rings. The molecule has 3 heterocycles. The molecule has 0 saturated carbocycles. The second kappa shape index (κ2) is 7.17. The predicted octanol–water partition coefficient (Wildman–Crippen LogP) is 3.09. The van der Waals surface area contributed by atoms with Crippen LogP contribution >= 0.6 is 11.6 Å². The number of benzene rings is 1. The van der Waals surface area contributed by atoms with Crippen LogP contribution in [0.15, 0.2) is 54.9 Å². The highest BCUT2D eigenvalue weighted by Gasteiger charge is 2.22. The van der Waals surface area contributed by atoms with E-state index in [1.165, 1.54) is 0 Å². The SMILES string of the molecule is O=C(c1ccc(-c2ccn[nH]2)cc1)N1CCN(c2ccc(Cl)cn2)CC1. The summed E-state index contributed by atoms with van der Waals surface area (Å²) < 4.78 is 0. The van der Waals surface area contributed by atoms with Gasteiger partial charge in [-0.05, 0) is 35.9 Å². The Morgan fingerprint density at radius 1 is 1.00 bits per heavy atom. The molecule has 0 bridgehead atoms. The molecule has 132 valence electrons. The van der Waals surface area contributed by atoms with E-state index in [1.54, 1.807) is 12.4 Å². The van der Waals surface area contributed by atoms with Gasteiger partial charge in [-0.25, -0.2) is 4.98 Å². The summed E-state index contributed by atoms with van der Waals surface area (Å²) >= 11 is 5.89. The molecule has 0 radical (unpaired) electrons. The smallest absolute Gasteiger partial charge is 0.253 e. The van der Waals surface area contributed by atoms with Crippen molar-refractivity contribution >= 4 is 23.3 Å². The third-order valence-corrected chi connectivity index (χ3v) is 4.77. The number of piperazine rings is 1. The predicted molar refractivity (Wildman–Crippen MR) is 101 cm³/mol. The van der Waals surface area contributed by atoms with Crippen LogP contribution in [0.5, 0.6) is 0 Å². The molecule has 0 aliphatic carbocycles. The highest BCUT2D eigenvalue weighted by atomic mass is 35.5. The van der Waals surface area contributed by atoms with E-state index in [9.17, 15) is 4.79 Å². The van der Waals surface area contributed by atoms with Crippen LogP contribution in [-0.2, 0) is 0 Å². The summed E-state index contributed by atoms with van der Waals surface area (Å²) in [7, 11) is 0. The summed E-state index contributed by atoms with van der Waals surface area (Å²) in [5.74, 6) is 0.954. The fraction of sp³-hybridized carbons (Fsp3) is 0.211. The lowest BCUT2D eigenvalue weighted by Crippen LogP contribution is -2.49. The summed E-state index contributed by atoms with van der Waals surface area (Å²) in [4.78, 5) is 21.1. The number of nitrogens with zero attached hydrogens (tertiary/aromatic N) is 4. The van der Waals surface area contributed by atoms with E-state index >= 15 is 0 Å². The van der Waals surface area contributed by atoms with E-state index in [1.807, 2.05) is 47.4 Å². The van der Waals surface area contributed by atoms with Crippen molar-refractivity contribution in [1.82, 2.24) is 20.1 Å². The van der Waals surface area contributed by atoms with Crippen molar-refractivity contribution in [1.29, 1.82) is 0 Å². The Bertz CT molecular complexity index is 869. The van der Waals surface area contributed by atoms with Crippen molar-refractivity contribution in [2.75, 3.05) is 31.1 Å². The Morgan fingerprint density at radius 3 is 2.38 bits per heavy atom. The monoisotopic (exact) mass is 367 g/mol. The average molecular weight is 368 g/mol. The van der Waals surface area contributed by atoms with E-state index < -0.39 is 0 Å². The molecule has 0 spiro atoms. The van der Waals surface area contributed by atoms with Crippen molar-refractivity contribution in [3.8, 4) is 11.3 Å². The molecule has 1 amide bonds. The normalized spacial score (nSPS) is 14.5. The Hall–Kier alpha value is -2.86. The molecule has 2 aromatic heterocycles. The van der Waals surface area contributed by atoms with Crippen molar-refractivity contribution in [3.63, 3.8) is 0 Å². The molecule has 26 heavy (non-hydrogen) atoms. The van der Waals surface area contributed by atoms with Crippen LogP contribution in [0.1, 0.15) is 10.4 Å². The molecule has 1 aliphatic heterocycles. The van der Waals surface area contributed by atoms with Gasteiger partial charge in [0.05, 0.1) is 10.7 Å². The second-order valence-electron chi connectivity index (χ2n) is 6.16. The molecular formula is C19H18ClN5O. The maximum atomic E-state index is 12.7. The lowest BCUT2D eigenvalue weighted by molar-refractivity contribution is 0.0746. The first-order chi connectivity index (χ1) is 12.7. The van der Waals surface area contributed by atoms with Crippen molar-refractivity contribution in [2.24, 2.45) is 0 Å². The molecule has 0 atom stereocenters. The number of H-pyrrole nitrogens is 1. The number of rotatable bonds is 3. The highest BCUT2D eigenvalue weighted by molar-refractivity contribution is 6.30. The van der Waals surface area contributed by atoms with Gasteiger partial charge in [0.25, 0.3) is 5.91 Å². The number of anilines is 1. The van der Waals surface area contributed by atoms with Crippen LogP contribution in [0.2, 0.25) is 5.02 Å². The maximum Gasteiger partial charge on any atom is 0.253 e. The standard InChI is InChI=1S/C19H18ClN5O/c20-16-5-6-18(21-13-16)24-9-11-25(12-10-24)19(26)15-3-1-14(2-4-15)17-7-8-22-23-17/h1-8,13H,9-12H2,(H,22,23). The number of halogens is 1. The molecule has 1 saturated heterocycles. The second-order valence-corrected chi connectivity index (χ2v) is 6.60. The van der Waals surface area contributed by atoms with Crippen LogP contribution < -0.4 is 4.90 Å². The summed E-state index contributed by atoms with van der Waals surface area (Å²) in [5, 5.41) is 7.50. The number of hydrogen-bond acceptors (Lipinski definition) is 4. The molecule has 0 unspecified atom stereocenters. The molecule has 1 fully saturated rings. The lowest BCUT2D eigenvalue weighted by atomic mass is 10.1. The van der Waals surface area contributed by atoms with Gasteiger partial charge in [-0.3, -0.25) is 9.89 Å². The van der Waals surface area contributed by atoms with Gasteiger partial charge >= 0.3 is 0 Å². The number of hydrogen-bond donors (Lipinski definition) is 1. The fourth-order valence-electron chi connectivity index (χ4n) is 3.09. The molecule has 4 rings (SSSR count). The number of pyridine rings is 1. The Balaban J connectivity index is 1.39. The first-order valence-electron chi connectivity index (χ1n) is 8.46. The maximum absolute atomic E-state index is 12.7. The van der Waals surface area contributed by atoms with Gasteiger partial charge in [0.1, 0.15) is 5.82 Å². The molecular weight excluding hydrogens is 350 g/mol. The molecule has 1 N–H and O–H groups in total. The Labute approximate surface area is 156 Å². The van der Waals surface area contributed by atoms with E-state index in [2.05, 4.69) is 20.1 Å². The van der Waals surface area contributed by atoms with Gasteiger partial charge in [-0.1, -0.05) is 23.7 Å². The van der Waals surface area contributed by atoms with Crippen molar-refractivity contribution in [2.45, 2.75) is 0 Å². The van der Waals surface area contributed by atoms with Gasteiger partial charge in [0.2, 0.25) is 0 Å². The van der Waals surface area contributed by atoms with Gasteiger partial charge in [-0.2, -0.15) is 5.10 Å². The first-order valence-corrected chi connectivity index (χ1v) is 8.84. The van der Waals surface area contributed by atoms with Crippen LogP contribution in [0.3, 0.4) is 0 Å². The molecule has 7 heteroatoms. The van der Waals surface area contributed by atoms with Crippen LogP contribution in [0.25, 0.3) is 11.3 Å². The largest absolute Gasteiger partial charge is 0.353 e. The minimum absolute atomic E-state index is 0.0601. The highest BCUT2D eigenvalue weighted by Crippen LogP contribution is 2.19. The molecule has 6 nitrogen and oxygen atoms in total. The number of aromatic nitrogens is 3. The number of nitrogens with one attached hydrogen (secondary N) is 1. The topological polar surface area (TPSA) is 65.1 Å². The van der Waals surface area contributed by atoms with Crippen LogP contribution in [0, 0.1) is 0 Å². The zero-order valence-electron chi connectivity index (χ0n) is 14.1. The number of amides is 1. The third-order valence-electron chi connectivity index (χ3n) is 4.55. The van der Waals surface area contributed by atoms with E-state index in [0.717, 1.165) is 30.2 Å². The summed E-state index contributed by atoms with van der Waals surface area (Å²) in [6.45, 7) is 2.86. The van der Waals surface area contributed by atoms with E-state index in [-0.39, 0.29) is 5.91 Å². The van der Waals surface area contributed by atoms with Gasteiger partial charge < -0.3 is 9.80 Å². The summed E-state index contributed by atoms with van der Waals surface area (Å²) in [5.41, 5.74) is 2.65. The molecule has 3 aromatic rings. The fourth-order valence-corrected chi connectivity index (χ4v) is 3.20. The van der Waals surface area contributed by atoms with Crippen LogP contribution in [0.4, 0.5) is 5.82 Å². The van der Waals surface area contributed by atoms with E-state index in [0.29, 0.717) is 23.7 Å². The minimum atomic E-state index is 0.0601. The van der Waals surface area contributed by atoms with Gasteiger partial charge in [-0.15, -0.1) is 0 Å².